The van der Waals surface area contributed by atoms with Gasteiger partial charge in [0.1, 0.15) is 6.10 Å². The van der Waals surface area contributed by atoms with E-state index in [9.17, 15) is 9.00 Å². The summed E-state index contributed by atoms with van der Waals surface area (Å²) < 4.78 is 20.1. The molecule has 0 aromatic heterocycles. The fourth-order valence-corrected chi connectivity index (χ4v) is 2.53. The summed E-state index contributed by atoms with van der Waals surface area (Å²) in [6, 6.07) is -0.104. The van der Waals surface area contributed by atoms with Crippen molar-refractivity contribution in [3.8, 4) is 0 Å². The van der Waals surface area contributed by atoms with Crippen LogP contribution in [0.5, 0.6) is 0 Å². The number of carbonyl (C=O) groups is 1. The predicted molar refractivity (Wildman–Crippen MR) is 73.3 cm³/mol. The van der Waals surface area contributed by atoms with Gasteiger partial charge >= 0.3 is 5.97 Å². The molecule has 0 spiro atoms. The minimum Gasteiger partial charge on any atom is -0.453 e. The lowest BCUT2D eigenvalue weighted by Gasteiger charge is -2.28. The van der Waals surface area contributed by atoms with E-state index in [-0.39, 0.29) is 22.9 Å². The highest BCUT2D eigenvalue weighted by molar-refractivity contribution is 7.84. The van der Waals surface area contributed by atoms with Gasteiger partial charge in [0.2, 0.25) is 0 Å². The summed E-state index contributed by atoms with van der Waals surface area (Å²) in [6.07, 6.45) is 3.66. The summed E-state index contributed by atoms with van der Waals surface area (Å²) in [7, 11) is -1.17. The Morgan fingerprint density at radius 3 is 2.44 bits per heavy atom. The van der Waals surface area contributed by atoms with Crippen molar-refractivity contribution in [2.24, 2.45) is 5.92 Å². The van der Waals surface area contributed by atoms with Crippen LogP contribution >= 0.6 is 0 Å². The van der Waals surface area contributed by atoms with Gasteiger partial charge in [-0.1, -0.05) is 13.8 Å². The Labute approximate surface area is 112 Å². The third kappa shape index (κ3) is 4.53. The average molecular weight is 273 g/mol. The van der Waals surface area contributed by atoms with E-state index in [2.05, 4.69) is 18.6 Å². The van der Waals surface area contributed by atoms with Crippen LogP contribution in [0.25, 0.3) is 0 Å². The molecular formula is C13H23NO3S. The summed E-state index contributed by atoms with van der Waals surface area (Å²) >= 11 is 0. The van der Waals surface area contributed by atoms with E-state index in [1.807, 2.05) is 20.8 Å². The molecule has 1 rings (SSSR count). The van der Waals surface area contributed by atoms with Gasteiger partial charge in [0.15, 0.2) is 0 Å². The topological polar surface area (TPSA) is 55.4 Å². The van der Waals surface area contributed by atoms with Crippen molar-refractivity contribution in [1.29, 1.82) is 0 Å². The van der Waals surface area contributed by atoms with Gasteiger partial charge in [-0.15, -0.1) is 0 Å². The second kappa shape index (κ2) is 5.97. The zero-order chi connectivity index (χ0) is 13.9. The van der Waals surface area contributed by atoms with Crippen molar-refractivity contribution in [2.75, 3.05) is 0 Å². The summed E-state index contributed by atoms with van der Waals surface area (Å²) in [6.45, 7) is 9.93. The molecule has 1 aliphatic rings. The molecule has 0 amide bonds. The quantitative estimate of drug-likeness (QED) is 0.779. The number of hydrogen-bond acceptors (Lipinski definition) is 3. The smallest absolute Gasteiger partial charge is 0.331 e. The highest BCUT2D eigenvalue weighted by atomic mass is 32.2. The molecule has 0 fully saturated rings. The van der Waals surface area contributed by atoms with E-state index in [4.69, 9.17) is 4.74 Å². The normalized spacial score (nSPS) is 23.2. The van der Waals surface area contributed by atoms with Crippen molar-refractivity contribution in [2.45, 2.75) is 57.9 Å². The zero-order valence-corrected chi connectivity index (χ0v) is 12.5. The molecule has 0 radical (unpaired) electrons. The van der Waals surface area contributed by atoms with Gasteiger partial charge in [0.05, 0.1) is 21.8 Å². The number of hydrogen-bond donors (Lipinski definition) is 1. The highest BCUT2D eigenvalue weighted by Gasteiger charge is 2.31. The SMILES string of the molecule is CC(C)CC(NS(=O)C(C)(C)C)[C@@H]1C=CC(=O)O1. The molecular weight excluding hydrogens is 250 g/mol. The molecule has 1 aliphatic heterocycles. The standard InChI is InChI=1S/C13H23NO3S/c1-9(2)8-10(11-6-7-12(15)17-11)14-18(16)13(3,4)5/h6-7,9-11,14H,8H2,1-5H3/t10?,11-,18?/m0/s1. The summed E-state index contributed by atoms with van der Waals surface area (Å²) in [5.74, 6) is 0.115. The number of esters is 1. The first-order valence-electron chi connectivity index (χ1n) is 6.27. The molecule has 5 heteroatoms. The average Bonchev–Trinajstić information content (AvgIpc) is 2.61. The van der Waals surface area contributed by atoms with E-state index < -0.39 is 11.0 Å². The lowest BCUT2D eigenvalue weighted by atomic mass is 10.0. The lowest BCUT2D eigenvalue weighted by molar-refractivity contribution is -0.139. The van der Waals surface area contributed by atoms with Crippen LogP contribution < -0.4 is 4.72 Å². The summed E-state index contributed by atoms with van der Waals surface area (Å²) in [4.78, 5) is 11.1. The van der Waals surface area contributed by atoms with Crippen molar-refractivity contribution in [3.63, 3.8) is 0 Å². The number of cyclic esters (lactones) is 1. The van der Waals surface area contributed by atoms with Gasteiger partial charge < -0.3 is 4.74 Å². The monoisotopic (exact) mass is 273 g/mol. The maximum atomic E-state index is 12.1. The minimum absolute atomic E-state index is 0.104. The fourth-order valence-electron chi connectivity index (χ4n) is 1.67. The molecule has 0 saturated heterocycles. The maximum Gasteiger partial charge on any atom is 0.331 e. The molecule has 0 aliphatic carbocycles. The number of carbonyl (C=O) groups excluding carboxylic acids is 1. The Hall–Kier alpha value is -0.680. The first-order valence-corrected chi connectivity index (χ1v) is 7.42. The van der Waals surface area contributed by atoms with E-state index in [1.54, 1.807) is 6.08 Å². The van der Waals surface area contributed by atoms with Crippen LogP contribution in [-0.2, 0) is 20.5 Å². The third-order valence-electron chi connectivity index (χ3n) is 2.61. The zero-order valence-electron chi connectivity index (χ0n) is 11.7. The van der Waals surface area contributed by atoms with Crippen LogP contribution in [0.3, 0.4) is 0 Å². The minimum atomic E-state index is -1.17. The van der Waals surface area contributed by atoms with Crippen molar-refractivity contribution < 1.29 is 13.7 Å². The maximum absolute atomic E-state index is 12.1. The molecule has 4 nitrogen and oxygen atoms in total. The first-order chi connectivity index (χ1) is 8.20. The van der Waals surface area contributed by atoms with Gasteiger partial charge in [-0.25, -0.2) is 13.7 Å². The van der Waals surface area contributed by atoms with Gasteiger partial charge in [0.25, 0.3) is 0 Å². The van der Waals surface area contributed by atoms with Crippen LogP contribution in [0.2, 0.25) is 0 Å². The van der Waals surface area contributed by atoms with Gasteiger partial charge in [-0.3, -0.25) is 0 Å². The van der Waals surface area contributed by atoms with E-state index in [0.717, 1.165) is 6.42 Å². The van der Waals surface area contributed by atoms with Crippen LogP contribution in [0, 0.1) is 5.92 Å². The number of rotatable bonds is 5. The molecule has 0 saturated carbocycles. The highest BCUT2D eigenvalue weighted by Crippen LogP contribution is 2.19. The van der Waals surface area contributed by atoms with Crippen LogP contribution in [0.1, 0.15) is 41.0 Å². The molecule has 0 aromatic rings. The Kier molecular flexibility index (Phi) is 5.10. The van der Waals surface area contributed by atoms with Crippen LogP contribution in [0.15, 0.2) is 12.2 Å². The van der Waals surface area contributed by atoms with Gasteiger partial charge in [-0.05, 0) is 39.2 Å². The van der Waals surface area contributed by atoms with Gasteiger partial charge in [0, 0.05) is 6.08 Å². The predicted octanol–water partition coefficient (Wildman–Crippen LogP) is 1.93. The molecule has 1 heterocycles. The second-order valence-corrected chi connectivity index (χ2v) is 7.99. The van der Waals surface area contributed by atoms with E-state index in [0.29, 0.717) is 5.92 Å². The number of nitrogens with one attached hydrogen (secondary N) is 1. The molecule has 3 atom stereocenters. The Morgan fingerprint density at radius 1 is 1.44 bits per heavy atom. The molecule has 1 N–H and O–H groups in total. The second-order valence-electron chi connectivity index (χ2n) is 6.00. The first kappa shape index (κ1) is 15.4. The fraction of sp³-hybridized carbons (Fsp3) is 0.769. The molecule has 18 heavy (non-hydrogen) atoms. The van der Waals surface area contributed by atoms with Gasteiger partial charge in [-0.2, -0.15) is 0 Å². The van der Waals surface area contributed by atoms with E-state index in [1.165, 1.54) is 6.08 Å². The molecule has 0 aromatic carbocycles. The molecule has 0 bridgehead atoms. The van der Waals surface area contributed by atoms with Crippen LogP contribution in [-0.4, -0.2) is 27.1 Å². The third-order valence-corrected chi connectivity index (χ3v) is 4.24. The molecule has 2 unspecified atom stereocenters. The van der Waals surface area contributed by atoms with Crippen molar-refractivity contribution in [1.82, 2.24) is 4.72 Å². The van der Waals surface area contributed by atoms with Crippen LogP contribution in [0.4, 0.5) is 0 Å². The summed E-state index contributed by atoms with van der Waals surface area (Å²) in [5, 5.41) is 0. The largest absolute Gasteiger partial charge is 0.453 e. The summed E-state index contributed by atoms with van der Waals surface area (Å²) in [5.41, 5.74) is 0. The number of ether oxygens (including phenoxy) is 1. The van der Waals surface area contributed by atoms with E-state index >= 15 is 0 Å². The Balaban J connectivity index is 2.70. The lowest BCUT2D eigenvalue weighted by Crippen LogP contribution is -2.46. The Morgan fingerprint density at radius 2 is 2.06 bits per heavy atom. The molecule has 104 valence electrons. The Bertz CT molecular complexity index is 358. The van der Waals surface area contributed by atoms with Crippen molar-refractivity contribution in [3.05, 3.63) is 12.2 Å². The van der Waals surface area contributed by atoms with Crippen molar-refractivity contribution >= 4 is 17.0 Å².